The lowest BCUT2D eigenvalue weighted by atomic mass is 9.83. The number of nitrogens with zero attached hydrogens (tertiary/aromatic N) is 3. The number of benzene rings is 2. The van der Waals surface area contributed by atoms with Gasteiger partial charge in [-0.25, -0.2) is 0 Å². The number of nitrogens with one attached hydrogen (secondary N) is 3. The number of piperazine rings is 1. The van der Waals surface area contributed by atoms with Crippen molar-refractivity contribution in [2.24, 2.45) is 5.41 Å². The molecule has 0 spiro atoms. The molecule has 1 unspecified atom stereocenters. The lowest BCUT2D eigenvalue weighted by molar-refractivity contribution is 0.131. The third-order valence-corrected chi connectivity index (χ3v) is 9.65. The number of hydrogen-bond acceptors (Lipinski definition) is 6. The fourth-order valence-corrected chi connectivity index (χ4v) is 6.49. The van der Waals surface area contributed by atoms with Crippen LogP contribution in [0, 0.1) is 5.41 Å². The van der Waals surface area contributed by atoms with E-state index in [9.17, 15) is 0 Å². The molecule has 1 atom stereocenters. The van der Waals surface area contributed by atoms with Gasteiger partial charge in [0.2, 0.25) is 0 Å². The summed E-state index contributed by atoms with van der Waals surface area (Å²) in [5.74, 6) is 0.732. The molecule has 6 nitrogen and oxygen atoms in total. The van der Waals surface area contributed by atoms with Gasteiger partial charge < -0.3 is 20.9 Å². The number of anilines is 1. The first-order valence-corrected chi connectivity index (χ1v) is 17.9. The third kappa shape index (κ3) is 10.1. The smallest absolute Gasteiger partial charge is 0.100 e. The summed E-state index contributed by atoms with van der Waals surface area (Å²) in [5.41, 5.74) is 10.2. The van der Waals surface area contributed by atoms with E-state index in [1.807, 2.05) is 13.1 Å². The lowest BCUT2D eigenvalue weighted by Gasteiger charge is -2.41. The van der Waals surface area contributed by atoms with Gasteiger partial charge in [-0.15, -0.1) is 0 Å². The van der Waals surface area contributed by atoms with Crippen molar-refractivity contribution in [3.8, 4) is 0 Å². The van der Waals surface area contributed by atoms with Gasteiger partial charge in [-0.05, 0) is 91.9 Å². The predicted octanol–water partition coefficient (Wildman–Crippen LogP) is 9.46. The standard InChI is InChI=1S/C43H60N6/c1-12-16-36(43(8,9)10)27-41(31(5)28-45-30(3)4)47-33(7)46-40-20-19-35(38-17-14-15-18-39(38)40)25-34-21-22-44-42(26-34)32(6)49-24-23-48(11)37(13-2)29-49/h14-15,17-22,26-27,37,45-47H,3,6-7,12-13,16,23-25,28-29H2,1-2,4-5,8-11H3/b36-27+,41-31+. The van der Waals surface area contributed by atoms with Crippen LogP contribution < -0.4 is 16.0 Å². The molecule has 1 aliphatic heterocycles. The van der Waals surface area contributed by atoms with Crippen LogP contribution in [0.15, 0.2) is 109 Å². The average Bonchev–Trinajstić information content (AvgIpc) is 3.07. The second-order valence-corrected chi connectivity index (χ2v) is 14.7. The minimum absolute atomic E-state index is 0.0668. The number of allylic oxidation sites excluding steroid dienone is 3. The molecule has 0 bridgehead atoms. The zero-order valence-corrected chi connectivity index (χ0v) is 31.5. The summed E-state index contributed by atoms with van der Waals surface area (Å²) in [6, 6.07) is 17.9. The molecule has 0 amide bonds. The van der Waals surface area contributed by atoms with Gasteiger partial charge in [-0.3, -0.25) is 9.88 Å². The molecular weight excluding hydrogens is 601 g/mol. The Balaban J connectivity index is 1.56. The van der Waals surface area contributed by atoms with Crippen molar-refractivity contribution in [2.75, 3.05) is 38.5 Å². The van der Waals surface area contributed by atoms with E-state index in [0.29, 0.717) is 12.6 Å². The van der Waals surface area contributed by atoms with Crippen molar-refractivity contribution in [1.29, 1.82) is 0 Å². The summed E-state index contributed by atoms with van der Waals surface area (Å²) in [5, 5.41) is 13.0. The van der Waals surface area contributed by atoms with Crippen LogP contribution in [0.2, 0.25) is 0 Å². The largest absolute Gasteiger partial charge is 0.385 e. The first-order valence-electron chi connectivity index (χ1n) is 17.9. The Labute approximate surface area is 296 Å². The predicted molar refractivity (Wildman–Crippen MR) is 212 cm³/mol. The van der Waals surface area contributed by atoms with Gasteiger partial charge >= 0.3 is 0 Å². The van der Waals surface area contributed by atoms with Gasteiger partial charge in [0.25, 0.3) is 0 Å². The summed E-state index contributed by atoms with van der Waals surface area (Å²) in [6.07, 6.45) is 8.33. The minimum Gasteiger partial charge on any atom is -0.385 e. The van der Waals surface area contributed by atoms with E-state index in [1.54, 1.807) is 0 Å². The Morgan fingerprint density at radius 3 is 2.41 bits per heavy atom. The Hall–Kier alpha value is -4.29. The second-order valence-electron chi connectivity index (χ2n) is 14.7. The highest BCUT2D eigenvalue weighted by molar-refractivity contribution is 5.96. The molecule has 0 aliphatic carbocycles. The van der Waals surface area contributed by atoms with Gasteiger partial charge in [-0.2, -0.15) is 0 Å². The molecule has 6 heteroatoms. The minimum atomic E-state index is 0.0668. The number of rotatable bonds is 15. The van der Waals surface area contributed by atoms with Gasteiger partial charge in [0.15, 0.2) is 0 Å². The number of pyridine rings is 1. The molecular formula is C43H60N6. The molecule has 3 aromatic rings. The van der Waals surface area contributed by atoms with E-state index in [2.05, 4.69) is 149 Å². The van der Waals surface area contributed by atoms with Crippen molar-refractivity contribution in [3.05, 3.63) is 126 Å². The SMILES string of the molecule is C=C(C)NC/C(C)=C(\C=C(/CCC)C(C)(C)C)NC(=C)Nc1ccc(Cc2ccnc(C(=C)N3CCN(C)C(CC)C3)c2)c2ccccc12. The van der Waals surface area contributed by atoms with Crippen molar-refractivity contribution in [1.82, 2.24) is 25.4 Å². The average molecular weight is 661 g/mol. The Morgan fingerprint density at radius 2 is 1.73 bits per heavy atom. The summed E-state index contributed by atoms with van der Waals surface area (Å²) in [6.45, 7) is 32.1. The van der Waals surface area contributed by atoms with Crippen molar-refractivity contribution >= 4 is 22.2 Å². The fourth-order valence-electron chi connectivity index (χ4n) is 6.49. The van der Waals surface area contributed by atoms with Crippen molar-refractivity contribution in [3.63, 3.8) is 0 Å². The molecule has 2 aromatic carbocycles. The Kier molecular flexibility index (Phi) is 12.9. The van der Waals surface area contributed by atoms with Crippen LogP contribution in [0.4, 0.5) is 5.69 Å². The van der Waals surface area contributed by atoms with Crippen LogP contribution in [-0.4, -0.2) is 54.1 Å². The van der Waals surface area contributed by atoms with E-state index in [-0.39, 0.29) is 5.41 Å². The number of hydrogen-bond donors (Lipinski definition) is 3. The molecule has 3 N–H and O–H groups in total. The second kappa shape index (κ2) is 16.9. The van der Waals surface area contributed by atoms with Crippen LogP contribution in [0.1, 0.15) is 84.5 Å². The highest BCUT2D eigenvalue weighted by Crippen LogP contribution is 2.32. The first kappa shape index (κ1) is 37.5. The van der Waals surface area contributed by atoms with E-state index in [0.717, 1.165) is 85.0 Å². The van der Waals surface area contributed by atoms with Crippen LogP contribution in [0.5, 0.6) is 0 Å². The molecule has 0 saturated carbocycles. The molecule has 262 valence electrons. The highest BCUT2D eigenvalue weighted by atomic mass is 15.3. The number of fused-ring (bicyclic) bond motifs is 1. The Bertz CT molecular complexity index is 1700. The van der Waals surface area contributed by atoms with Crippen molar-refractivity contribution < 1.29 is 0 Å². The molecule has 2 heterocycles. The summed E-state index contributed by atoms with van der Waals surface area (Å²) < 4.78 is 0. The molecule has 4 rings (SSSR count). The number of aromatic nitrogens is 1. The fraction of sp³-hybridized carbons (Fsp3) is 0.419. The molecule has 1 fully saturated rings. The zero-order valence-electron chi connectivity index (χ0n) is 31.5. The van der Waals surface area contributed by atoms with E-state index < -0.39 is 0 Å². The zero-order chi connectivity index (χ0) is 35.7. The number of likely N-dealkylation sites (N-methyl/N-ethyl adjacent to an activating group) is 1. The molecule has 1 saturated heterocycles. The van der Waals surface area contributed by atoms with E-state index >= 15 is 0 Å². The van der Waals surface area contributed by atoms with Crippen LogP contribution in [0.3, 0.4) is 0 Å². The van der Waals surface area contributed by atoms with Crippen LogP contribution >= 0.6 is 0 Å². The summed E-state index contributed by atoms with van der Waals surface area (Å²) in [7, 11) is 2.22. The third-order valence-electron chi connectivity index (χ3n) is 9.65. The maximum Gasteiger partial charge on any atom is 0.100 e. The lowest BCUT2D eigenvalue weighted by Crippen LogP contribution is -2.50. The Morgan fingerprint density at radius 1 is 1.00 bits per heavy atom. The normalized spacial score (nSPS) is 16.3. The van der Waals surface area contributed by atoms with Gasteiger partial charge in [0, 0.05) is 60.9 Å². The summed E-state index contributed by atoms with van der Waals surface area (Å²) >= 11 is 0. The summed E-state index contributed by atoms with van der Waals surface area (Å²) in [4.78, 5) is 9.59. The monoisotopic (exact) mass is 660 g/mol. The van der Waals surface area contributed by atoms with Gasteiger partial charge in [0.05, 0.1) is 11.4 Å². The van der Waals surface area contributed by atoms with Crippen molar-refractivity contribution in [2.45, 2.75) is 80.2 Å². The first-order chi connectivity index (χ1) is 23.3. The molecule has 49 heavy (non-hydrogen) atoms. The quantitative estimate of drug-likeness (QED) is 0.141. The topological polar surface area (TPSA) is 55.5 Å². The maximum absolute atomic E-state index is 4.73. The highest BCUT2D eigenvalue weighted by Gasteiger charge is 2.24. The van der Waals surface area contributed by atoms with E-state index in [1.165, 1.54) is 27.7 Å². The van der Waals surface area contributed by atoms with E-state index in [4.69, 9.17) is 4.98 Å². The van der Waals surface area contributed by atoms with Gasteiger partial charge in [0.1, 0.15) is 5.82 Å². The van der Waals surface area contributed by atoms with Gasteiger partial charge in [-0.1, -0.05) is 96.7 Å². The van der Waals surface area contributed by atoms with Crippen LogP contribution in [-0.2, 0) is 6.42 Å². The van der Waals surface area contributed by atoms with Crippen LogP contribution in [0.25, 0.3) is 16.5 Å². The maximum atomic E-state index is 4.73. The molecule has 0 radical (unpaired) electrons. The molecule has 1 aliphatic rings. The molecule has 1 aromatic heterocycles.